The molecule has 0 saturated heterocycles. The maximum atomic E-state index is 12.4. The third-order valence-corrected chi connectivity index (χ3v) is 4.11. The topological polar surface area (TPSA) is 71.3 Å². The van der Waals surface area contributed by atoms with E-state index >= 15 is 0 Å². The van der Waals surface area contributed by atoms with Gasteiger partial charge < -0.3 is 14.8 Å². The van der Waals surface area contributed by atoms with Crippen molar-refractivity contribution in [2.75, 3.05) is 12.4 Å². The first-order valence-electron chi connectivity index (χ1n) is 8.29. The number of ether oxygens (including phenoxy) is 2. The van der Waals surface area contributed by atoms with Gasteiger partial charge in [0.1, 0.15) is 28.7 Å². The van der Waals surface area contributed by atoms with E-state index in [0.717, 1.165) is 23.3 Å². The van der Waals surface area contributed by atoms with E-state index in [2.05, 4.69) is 5.32 Å². The lowest BCUT2D eigenvalue weighted by Gasteiger charge is -2.16. The zero-order valence-corrected chi connectivity index (χ0v) is 15.0. The molecule has 0 aromatic heterocycles. The van der Waals surface area contributed by atoms with Crippen molar-refractivity contribution in [1.82, 2.24) is 0 Å². The molecule has 1 aliphatic heterocycles. The van der Waals surface area contributed by atoms with E-state index in [4.69, 9.17) is 9.47 Å². The molecule has 0 fully saturated rings. The molecule has 0 bridgehead atoms. The van der Waals surface area contributed by atoms with Gasteiger partial charge in [-0.05, 0) is 67.4 Å². The van der Waals surface area contributed by atoms with Crippen molar-refractivity contribution in [3.63, 3.8) is 0 Å². The van der Waals surface area contributed by atoms with E-state index in [1.54, 1.807) is 37.5 Å². The van der Waals surface area contributed by atoms with Gasteiger partial charge in [0.15, 0.2) is 0 Å². The number of benzene rings is 2. The fourth-order valence-electron chi connectivity index (χ4n) is 2.91. The van der Waals surface area contributed by atoms with Crippen LogP contribution in [0.5, 0.6) is 11.5 Å². The molecule has 132 valence electrons. The number of rotatable bonds is 4. The first-order valence-corrected chi connectivity index (χ1v) is 8.29. The van der Waals surface area contributed by atoms with Crippen molar-refractivity contribution < 1.29 is 14.3 Å². The fourth-order valence-corrected chi connectivity index (χ4v) is 2.91. The summed E-state index contributed by atoms with van der Waals surface area (Å²) >= 11 is 0. The summed E-state index contributed by atoms with van der Waals surface area (Å²) in [4.78, 5) is 12.4. The maximum Gasteiger partial charge on any atom is 0.266 e. The molecule has 0 aliphatic carbocycles. The second-order valence-electron chi connectivity index (χ2n) is 6.76. The van der Waals surface area contributed by atoms with E-state index in [1.807, 2.05) is 38.1 Å². The Kier molecular flexibility index (Phi) is 4.68. The monoisotopic (exact) mass is 348 g/mol. The number of amides is 1. The number of nitriles is 1. The highest BCUT2D eigenvalue weighted by atomic mass is 16.5. The van der Waals surface area contributed by atoms with Gasteiger partial charge in [-0.3, -0.25) is 4.79 Å². The lowest BCUT2D eigenvalue weighted by molar-refractivity contribution is -0.112. The molecule has 5 heteroatoms. The van der Waals surface area contributed by atoms with Gasteiger partial charge in [0.05, 0.1) is 7.11 Å². The first-order chi connectivity index (χ1) is 12.4. The molecule has 1 N–H and O–H groups in total. The van der Waals surface area contributed by atoms with E-state index in [-0.39, 0.29) is 11.2 Å². The summed E-state index contributed by atoms with van der Waals surface area (Å²) in [6, 6.07) is 14.6. The van der Waals surface area contributed by atoms with Gasteiger partial charge in [0, 0.05) is 12.1 Å². The molecule has 0 saturated carbocycles. The number of nitrogens with one attached hydrogen (secondary N) is 1. The third-order valence-electron chi connectivity index (χ3n) is 4.11. The van der Waals surface area contributed by atoms with Crippen molar-refractivity contribution >= 4 is 17.7 Å². The molecule has 0 radical (unpaired) electrons. The molecule has 0 spiro atoms. The van der Waals surface area contributed by atoms with Gasteiger partial charge >= 0.3 is 0 Å². The molecule has 3 rings (SSSR count). The van der Waals surface area contributed by atoms with Crippen molar-refractivity contribution in [3.8, 4) is 17.6 Å². The zero-order chi connectivity index (χ0) is 18.7. The van der Waals surface area contributed by atoms with Gasteiger partial charge in [0.2, 0.25) is 0 Å². The number of methoxy groups -OCH3 is 1. The molecule has 1 aliphatic rings. The van der Waals surface area contributed by atoms with Crippen LogP contribution < -0.4 is 14.8 Å². The molecule has 0 atom stereocenters. The minimum absolute atomic E-state index is 0.0407. The molecule has 26 heavy (non-hydrogen) atoms. The standard InChI is InChI=1S/C21H20N2O3/c1-21(2)12-15-10-14(4-9-19(15)26-21)11-16(13-22)20(24)23-17-5-7-18(25-3)8-6-17/h4-11H,12H2,1-3H3,(H,23,24)/b16-11-. The zero-order valence-electron chi connectivity index (χ0n) is 15.0. The minimum Gasteiger partial charge on any atom is -0.497 e. The molecule has 2 aromatic rings. The average Bonchev–Trinajstić information content (AvgIpc) is 2.93. The fraction of sp³-hybridized carbons (Fsp3) is 0.238. The summed E-state index contributed by atoms with van der Waals surface area (Å²) in [6.07, 6.45) is 2.38. The highest BCUT2D eigenvalue weighted by molar-refractivity contribution is 6.09. The van der Waals surface area contributed by atoms with Crippen LogP contribution in [-0.4, -0.2) is 18.6 Å². The number of carbonyl (C=O) groups is 1. The van der Waals surface area contributed by atoms with Crippen LogP contribution in [0.15, 0.2) is 48.0 Å². The number of hydrogen-bond acceptors (Lipinski definition) is 4. The van der Waals surface area contributed by atoms with Crippen molar-refractivity contribution in [2.45, 2.75) is 25.9 Å². The van der Waals surface area contributed by atoms with Crippen LogP contribution in [0.1, 0.15) is 25.0 Å². The predicted molar refractivity (Wildman–Crippen MR) is 100 cm³/mol. The Balaban J connectivity index is 1.78. The van der Waals surface area contributed by atoms with Crippen LogP contribution >= 0.6 is 0 Å². The number of carbonyl (C=O) groups excluding carboxylic acids is 1. The van der Waals surface area contributed by atoms with Crippen LogP contribution in [0, 0.1) is 11.3 Å². The summed E-state index contributed by atoms with van der Waals surface area (Å²) in [5, 5.41) is 12.1. The Morgan fingerprint density at radius 3 is 2.65 bits per heavy atom. The highest BCUT2D eigenvalue weighted by Gasteiger charge is 2.29. The van der Waals surface area contributed by atoms with Gasteiger partial charge in [-0.25, -0.2) is 0 Å². The Morgan fingerprint density at radius 2 is 2.00 bits per heavy atom. The van der Waals surface area contributed by atoms with Crippen LogP contribution in [0.4, 0.5) is 5.69 Å². The molecule has 2 aromatic carbocycles. The van der Waals surface area contributed by atoms with E-state index < -0.39 is 5.91 Å². The lowest BCUT2D eigenvalue weighted by atomic mass is 9.99. The molecule has 5 nitrogen and oxygen atoms in total. The Labute approximate surface area is 152 Å². The first kappa shape index (κ1) is 17.6. The van der Waals surface area contributed by atoms with Crippen molar-refractivity contribution in [2.24, 2.45) is 0 Å². The summed E-state index contributed by atoms with van der Waals surface area (Å²) in [5.41, 5.74) is 2.29. The molecule has 1 heterocycles. The summed E-state index contributed by atoms with van der Waals surface area (Å²) in [7, 11) is 1.58. The Morgan fingerprint density at radius 1 is 1.27 bits per heavy atom. The summed E-state index contributed by atoms with van der Waals surface area (Å²) in [6.45, 7) is 4.07. The normalized spacial score (nSPS) is 14.8. The van der Waals surface area contributed by atoms with Crippen LogP contribution in [0.3, 0.4) is 0 Å². The van der Waals surface area contributed by atoms with E-state index in [1.165, 1.54) is 0 Å². The van der Waals surface area contributed by atoms with E-state index in [9.17, 15) is 10.1 Å². The third kappa shape index (κ3) is 3.86. The van der Waals surface area contributed by atoms with Crippen molar-refractivity contribution in [3.05, 3.63) is 59.2 Å². The number of anilines is 1. The second kappa shape index (κ2) is 6.93. The minimum atomic E-state index is -0.449. The van der Waals surface area contributed by atoms with Gasteiger partial charge in [-0.2, -0.15) is 5.26 Å². The number of nitrogens with zero attached hydrogens (tertiary/aromatic N) is 1. The lowest BCUT2D eigenvalue weighted by Crippen LogP contribution is -2.24. The Hall–Kier alpha value is -3.26. The molecule has 1 amide bonds. The maximum absolute atomic E-state index is 12.4. The van der Waals surface area contributed by atoms with Crippen LogP contribution in [0.2, 0.25) is 0 Å². The van der Waals surface area contributed by atoms with Gasteiger partial charge in [0.25, 0.3) is 5.91 Å². The quantitative estimate of drug-likeness (QED) is 0.671. The SMILES string of the molecule is COc1ccc(NC(=O)/C(C#N)=C\c2ccc3c(c2)CC(C)(C)O3)cc1. The van der Waals surface area contributed by atoms with Crippen LogP contribution in [0.25, 0.3) is 6.08 Å². The van der Waals surface area contributed by atoms with E-state index in [0.29, 0.717) is 11.4 Å². The molecule has 0 unspecified atom stereocenters. The summed E-state index contributed by atoms with van der Waals surface area (Å²) < 4.78 is 10.9. The smallest absolute Gasteiger partial charge is 0.266 e. The average molecular weight is 348 g/mol. The van der Waals surface area contributed by atoms with Crippen LogP contribution in [-0.2, 0) is 11.2 Å². The molecular weight excluding hydrogens is 328 g/mol. The Bertz CT molecular complexity index is 906. The second-order valence-corrected chi connectivity index (χ2v) is 6.76. The predicted octanol–water partition coefficient (Wildman–Crippen LogP) is 3.95. The summed E-state index contributed by atoms with van der Waals surface area (Å²) in [5.74, 6) is 1.10. The number of hydrogen-bond donors (Lipinski definition) is 1. The largest absolute Gasteiger partial charge is 0.497 e. The number of fused-ring (bicyclic) bond motifs is 1. The van der Waals surface area contributed by atoms with Crippen molar-refractivity contribution in [1.29, 1.82) is 5.26 Å². The van der Waals surface area contributed by atoms with Gasteiger partial charge in [-0.1, -0.05) is 6.07 Å². The highest BCUT2D eigenvalue weighted by Crippen LogP contribution is 2.35. The van der Waals surface area contributed by atoms with Gasteiger partial charge in [-0.15, -0.1) is 0 Å². The molecular formula is C21H20N2O3.